The number of alkyl halides is 3. The standard InChI is InChI=1S/C26H28N3O2.CHF3O3S/c1-27(2)22-12-10-20-14-21-11-13-23(28(3)4)16-25(21)29(24(20)15-22)17-26(30)31-18-19-8-6-5-7-9-19;2-1(3,4)8(5,6)7/h5-16H,17-18H2,1-4H3;(H,5,6,7)/q+1;/p-1. The maximum absolute atomic E-state index is 12.8. The summed E-state index contributed by atoms with van der Waals surface area (Å²) < 4.78 is 66.6. The maximum atomic E-state index is 12.8. The van der Waals surface area contributed by atoms with Crippen LogP contribution in [-0.2, 0) is 32.8 Å². The molecular weight excluding hydrogens is 535 g/mol. The predicted octanol–water partition coefficient (Wildman–Crippen LogP) is 4.21. The van der Waals surface area contributed by atoms with Gasteiger partial charge < -0.3 is 19.1 Å². The van der Waals surface area contributed by atoms with E-state index in [0.717, 1.165) is 38.7 Å². The molecule has 0 unspecified atom stereocenters. The molecule has 0 atom stereocenters. The Morgan fingerprint density at radius 2 is 1.31 bits per heavy atom. The topological polar surface area (TPSA) is 93.9 Å². The molecule has 4 aromatic rings. The fourth-order valence-corrected chi connectivity index (χ4v) is 3.71. The molecule has 39 heavy (non-hydrogen) atoms. The maximum Gasteiger partial charge on any atom is 0.485 e. The van der Waals surface area contributed by atoms with Crippen molar-refractivity contribution >= 4 is 49.3 Å². The Hall–Kier alpha value is -3.90. The van der Waals surface area contributed by atoms with Gasteiger partial charge in [0.2, 0.25) is 17.6 Å². The van der Waals surface area contributed by atoms with E-state index < -0.39 is 15.6 Å². The minimum Gasteiger partial charge on any atom is -0.741 e. The number of carbonyl (C=O) groups is 1. The third kappa shape index (κ3) is 7.58. The largest absolute Gasteiger partial charge is 0.741 e. The number of anilines is 2. The SMILES string of the molecule is CN(C)c1ccc2cc3ccc(N(C)C)cc3[n+](CC(=O)OCc3ccccc3)c2c1.O=S(=O)([O-])C(F)(F)F. The Labute approximate surface area is 224 Å². The molecule has 0 radical (unpaired) electrons. The monoisotopic (exact) mass is 563 g/mol. The number of carbonyl (C=O) groups excluding carboxylic acids is 1. The molecule has 0 aliphatic rings. The van der Waals surface area contributed by atoms with E-state index in [1.54, 1.807) is 0 Å². The summed E-state index contributed by atoms with van der Waals surface area (Å²) in [6.07, 6.45) is 0. The molecule has 208 valence electrons. The van der Waals surface area contributed by atoms with Gasteiger partial charge in [0.1, 0.15) is 6.61 Å². The van der Waals surface area contributed by atoms with Crippen LogP contribution in [0.2, 0.25) is 0 Å². The van der Waals surface area contributed by atoms with E-state index in [4.69, 9.17) is 17.7 Å². The third-order valence-electron chi connectivity index (χ3n) is 5.77. The van der Waals surface area contributed by atoms with Gasteiger partial charge in [-0.1, -0.05) is 30.3 Å². The molecule has 0 aliphatic carbocycles. The third-order valence-corrected chi connectivity index (χ3v) is 6.33. The molecule has 8 nitrogen and oxygen atoms in total. The lowest BCUT2D eigenvalue weighted by atomic mass is 10.1. The highest BCUT2D eigenvalue weighted by molar-refractivity contribution is 7.86. The van der Waals surface area contributed by atoms with Gasteiger partial charge in [0.15, 0.2) is 10.1 Å². The average molecular weight is 564 g/mol. The van der Waals surface area contributed by atoms with Crippen molar-refractivity contribution in [3.63, 3.8) is 0 Å². The van der Waals surface area contributed by atoms with Crippen molar-refractivity contribution in [2.24, 2.45) is 0 Å². The minimum absolute atomic E-state index is 0.147. The zero-order chi connectivity index (χ0) is 29.0. The van der Waals surface area contributed by atoms with Crippen LogP contribution in [0.4, 0.5) is 24.5 Å². The Morgan fingerprint density at radius 3 is 1.72 bits per heavy atom. The van der Waals surface area contributed by atoms with Gasteiger partial charge >= 0.3 is 11.5 Å². The zero-order valence-electron chi connectivity index (χ0n) is 21.8. The number of ether oxygens (including phenoxy) is 1. The summed E-state index contributed by atoms with van der Waals surface area (Å²) in [4.78, 5) is 17.0. The number of rotatable bonds is 6. The number of hydrogen-bond donors (Lipinski definition) is 0. The molecule has 0 bridgehead atoms. The van der Waals surface area contributed by atoms with Crippen LogP contribution >= 0.6 is 0 Å². The molecule has 0 spiro atoms. The summed E-state index contributed by atoms with van der Waals surface area (Å²) >= 11 is 0. The molecule has 1 heterocycles. The smallest absolute Gasteiger partial charge is 0.485 e. The number of halogens is 3. The van der Waals surface area contributed by atoms with Crippen LogP contribution in [0.5, 0.6) is 0 Å². The van der Waals surface area contributed by atoms with Crippen molar-refractivity contribution in [3.8, 4) is 0 Å². The second kappa shape index (κ2) is 11.9. The summed E-state index contributed by atoms with van der Waals surface area (Å²) in [6.45, 7) is 0.420. The quantitative estimate of drug-likeness (QED) is 0.114. The fraction of sp³-hybridized carbons (Fsp3) is 0.259. The number of hydrogen-bond acceptors (Lipinski definition) is 7. The van der Waals surface area contributed by atoms with Gasteiger partial charge in [-0.25, -0.2) is 13.2 Å². The van der Waals surface area contributed by atoms with Gasteiger partial charge in [-0.2, -0.15) is 17.7 Å². The fourth-order valence-electron chi connectivity index (χ4n) is 3.71. The molecule has 0 aliphatic heterocycles. The van der Waals surface area contributed by atoms with E-state index in [0.29, 0.717) is 0 Å². The van der Waals surface area contributed by atoms with Crippen LogP contribution in [0.15, 0.2) is 72.8 Å². The van der Waals surface area contributed by atoms with Gasteiger partial charge in [-0.05, 0) is 35.9 Å². The number of fused-ring (bicyclic) bond motifs is 2. The Balaban J connectivity index is 0.000000459. The van der Waals surface area contributed by atoms with Gasteiger partial charge in [-0.3, -0.25) is 0 Å². The van der Waals surface area contributed by atoms with Crippen LogP contribution in [0.1, 0.15) is 5.56 Å². The van der Waals surface area contributed by atoms with Gasteiger partial charge in [0.05, 0.1) is 0 Å². The van der Waals surface area contributed by atoms with Crippen LogP contribution in [-0.4, -0.2) is 52.6 Å². The molecule has 1 aromatic heterocycles. The second-order valence-corrected chi connectivity index (χ2v) is 10.4. The van der Waals surface area contributed by atoms with E-state index in [2.05, 4.69) is 56.8 Å². The number of pyridine rings is 1. The summed E-state index contributed by atoms with van der Waals surface area (Å²) in [7, 11) is 1.98. The number of benzene rings is 3. The summed E-state index contributed by atoms with van der Waals surface area (Å²) in [5.74, 6) is -0.256. The van der Waals surface area contributed by atoms with E-state index in [-0.39, 0.29) is 19.1 Å². The van der Waals surface area contributed by atoms with Crippen molar-refractivity contribution in [1.82, 2.24) is 0 Å². The molecule has 0 fully saturated rings. The van der Waals surface area contributed by atoms with Crippen LogP contribution in [0.25, 0.3) is 21.8 Å². The van der Waals surface area contributed by atoms with Crippen molar-refractivity contribution in [3.05, 3.63) is 78.4 Å². The first-order valence-electron chi connectivity index (χ1n) is 11.6. The molecule has 0 saturated heterocycles. The van der Waals surface area contributed by atoms with Crippen molar-refractivity contribution in [2.45, 2.75) is 18.7 Å². The van der Waals surface area contributed by atoms with Gasteiger partial charge in [0, 0.05) is 62.5 Å². The number of esters is 1. The Bertz CT molecular complexity index is 1510. The highest BCUT2D eigenvalue weighted by atomic mass is 32.2. The second-order valence-electron chi connectivity index (χ2n) is 9.05. The average Bonchev–Trinajstić information content (AvgIpc) is 2.86. The lowest BCUT2D eigenvalue weighted by Crippen LogP contribution is -2.40. The lowest BCUT2D eigenvalue weighted by Gasteiger charge is -2.15. The van der Waals surface area contributed by atoms with E-state index in [9.17, 15) is 18.0 Å². The molecule has 0 N–H and O–H groups in total. The molecule has 0 amide bonds. The van der Waals surface area contributed by atoms with Gasteiger partial charge in [0.25, 0.3) is 0 Å². The van der Waals surface area contributed by atoms with Crippen molar-refractivity contribution in [1.29, 1.82) is 0 Å². The van der Waals surface area contributed by atoms with Crippen molar-refractivity contribution < 1.29 is 40.2 Å². The lowest BCUT2D eigenvalue weighted by molar-refractivity contribution is -0.633. The highest BCUT2D eigenvalue weighted by Crippen LogP contribution is 2.25. The first-order valence-corrected chi connectivity index (χ1v) is 13.0. The molecule has 3 aromatic carbocycles. The van der Waals surface area contributed by atoms with Gasteiger partial charge in [-0.15, -0.1) is 0 Å². The Morgan fingerprint density at radius 1 is 0.846 bits per heavy atom. The van der Waals surface area contributed by atoms with E-state index >= 15 is 0 Å². The minimum atomic E-state index is -6.09. The first-order chi connectivity index (χ1) is 18.2. The summed E-state index contributed by atoms with van der Waals surface area (Å²) in [5, 5.41) is 2.18. The zero-order valence-corrected chi connectivity index (χ0v) is 22.6. The van der Waals surface area contributed by atoms with Crippen LogP contribution in [0.3, 0.4) is 0 Å². The number of nitrogens with zero attached hydrogens (tertiary/aromatic N) is 3. The normalized spacial score (nSPS) is 11.6. The molecular formula is C27H28F3N3O5S. The van der Waals surface area contributed by atoms with Crippen molar-refractivity contribution in [2.75, 3.05) is 38.0 Å². The summed E-state index contributed by atoms with van der Waals surface area (Å²) in [6, 6.07) is 24.6. The summed E-state index contributed by atoms with van der Waals surface area (Å²) in [5.41, 5.74) is -0.484. The van der Waals surface area contributed by atoms with E-state index in [1.807, 2.05) is 58.5 Å². The molecule has 12 heteroatoms. The molecule has 0 saturated carbocycles. The predicted molar refractivity (Wildman–Crippen MR) is 142 cm³/mol. The number of aromatic nitrogens is 1. The Kier molecular flexibility index (Phi) is 9.03. The van der Waals surface area contributed by atoms with E-state index in [1.165, 1.54) is 0 Å². The van der Waals surface area contributed by atoms with Crippen LogP contribution in [0, 0.1) is 0 Å². The first kappa shape index (κ1) is 29.7. The highest BCUT2D eigenvalue weighted by Gasteiger charge is 2.37. The molecule has 4 rings (SSSR count). The van der Waals surface area contributed by atoms with Crippen LogP contribution < -0.4 is 14.4 Å².